The minimum atomic E-state index is -0.512. The molecule has 0 saturated carbocycles. The summed E-state index contributed by atoms with van der Waals surface area (Å²) in [6.45, 7) is 6.91. The van der Waals surface area contributed by atoms with Gasteiger partial charge in [0.05, 0.1) is 5.92 Å². The Bertz CT molecular complexity index is 393. The molecule has 0 heterocycles. The van der Waals surface area contributed by atoms with Crippen LogP contribution in [0, 0.1) is 12.8 Å². The Kier molecular flexibility index (Phi) is 3.99. The normalized spacial score (nSPS) is 12.6. The predicted octanol–water partition coefficient (Wildman–Crippen LogP) is 2.89. The summed E-state index contributed by atoms with van der Waals surface area (Å²) in [6, 6.07) is 7.96. The molecule has 0 saturated heterocycles. The third-order valence-electron chi connectivity index (χ3n) is 2.94. The lowest BCUT2D eigenvalue weighted by molar-refractivity contribution is -0.131. The second-order valence-electron chi connectivity index (χ2n) is 4.40. The summed E-state index contributed by atoms with van der Waals surface area (Å²) >= 11 is 0. The smallest absolute Gasteiger partial charge is 0.140 e. The van der Waals surface area contributed by atoms with Crippen LogP contribution in [0.4, 0.5) is 0 Å². The van der Waals surface area contributed by atoms with Crippen LogP contribution >= 0.6 is 0 Å². The molecule has 1 rings (SSSR count). The Morgan fingerprint density at radius 2 is 1.69 bits per heavy atom. The number of Topliss-reactive ketones (excluding diaryl/α,β-unsaturated/α-hetero) is 2. The molecule has 0 amide bonds. The van der Waals surface area contributed by atoms with Crippen LogP contribution in [0.3, 0.4) is 0 Å². The first-order chi connectivity index (χ1) is 7.43. The first-order valence-electron chi connectivity index (χ1n) is 5.51. The van der Waals surface area contributed by atoms with Gasteiger partial charge in [0.25, 0.3) is 0 Å². The fourth-order valence-corrected chi connectivity index (χ4v) is 2.14. The van der Waals surface area contributed by atoms with Crippen molar-refractivity contribution in [3.05, 3.63) is 35.4 Å². The molecule has 2 heteroatoms. The molecule has 0 aromatic heterocycles. The topological polar surface area (TPSA) is 34.1 Å². The lowest BCUT2D eigenvalue weighted by Crippen LogP contribution is -2.25. The van der Waals surface area contributed by atoms with Gasteiger partial charge in [0.1, 0.15) is 11.6 Å². The zero-order valence-corrected chi connectivity index (χ0v) is 10.3. The monoisotopic (exact) mass is 218 g/mol. The van der Waals surface area contributed by atoms with E-state index in [0.717, 1.165) is 11.1 Å². The van der Waals surface area contributed by atoms with Crippen molar-refractivity contribution in [3.63, 3.8) is 0 Å². The van der Waals surface area contributed by atoms with Gasteiger partial charge in [0.15, 0.2) is 0 Å². The Hall–Kier alpha value is -1.44. The first-order valence-corrected chi connectivity index (χ1v) is 5.51. The van der Waals surface area contributed by atoms with E-state index in [2.05, 4.69) is 0 Å². The number of hydrogen-bond acceptors (Lipinski definition) is 2. The molecule has 1 aromatic rings. The van der Waals surface area contributed by atoms with Crippen molar-refractivity contribution in [2.45, 2.75) is 33.6 Å². The third kappa shape index (κ3) is 2.78. The summed E-state index contributed by atoms with van der Waals surface area (Å²) in [5.74, 6) is -0.667. The van der Waals surface area contributed by atoms with Gasteiger partial charge in [-0.3, -0.25) is 9.59 Å². The summed E-state index contributed by atoms with van der Waals surface area (Å²) in [5, 5.41) is 0. The van der Waals surface area contributed by atoms with Gasteiger partial charge in [0.2, 0.25) is 0 Å². The molecule has 86 valence electrons. The van der Waals surface area contributed by atoms with Crippen LogP contribution in [0.15, 0.2) is 24.3 Å². The zero-order chi connectivity index (χ0) is 12.3. The highest BCUT2D eigenvalue weighted by Gasteiger charge is 2.27. The third-order valence-corrected chi connectivity index (χ3v) is 2.94. The van der Waals surface area contributed by atoms with E-state index in [1.807, 2.05) is 38.1 Å². The van der Waals surface area contributed by atoms with Crippen molar-refractivity contribution in [3.8, 4) is 0 Å². The Balaban J connectivity index is 3.03. The molecular weight excluding hydrogens is 200 g/mol. The second kappa shape index (κ2) is 5.06. The van der Waals surface area contributed by atoms with Crippen LogP contribution in [-0.2, 0) is 9.59 Å². The summed E-state index contributed by atoms with van der Waals surface area (Å²) in [4.78, 5) is 22.9. The van der Waals surface area contributed by atoms with Crippen molar-refractivity contribution in [1.82, 2.24) is 0 Å². The number of aryl methyl sites for hydroxylation is 1. The quantitative estimate of drug-likeness (QED) is 0.728. The maximum absolute atomic E-state index is 11.5. The number of benzene rings is 1. The van der Waals surface area contributed by atoms with Crippen LogP contribution in [0.1, 0.15) is 37.8 Å². The lowest BCUT2D eigenvalue weighted by atomic mass is 9.82. The Labute approximate surface area is 96.7 Å². The molecule has 1 unspecified atom stereocenters. The minimum absolute atomic E-state index is 0.0464. The molecule has 1 aromatic carbocycles. The summed E-state index contributed by atoms with van der Waals surface area (Å²) < 4.78 is 0. The highest BCUT2D eigenvalue weighted by atomic mass is 16.1. The predicted molar refractivity (Wildman–Crippen MR) is 64.4 cm³/mol. The van der Waals surface area contributed by atoms with E-state index in [1.54, 1.807) is 0 Å². The van der Waals surface area contributed by atoms with Gasteiger partial charge in [-0.05, 0) is 32.3 Å². The molecule has 16 heavy (non-hydrogen) atoms. The van der Waals surface area contributed by atoms with Crippen molar-refractivity contribution in [2.24, 2.45) is 5.92 Å². The number of carbonyl (C=O) groups is 2. The van der Waals surface area contributed by atoms with Crippen LogP contribution in [0.2, 0.25) is 0 Å². The van der Waals surface area contributed by atoms with Crippen LogP contribution < -0.4 is 0 Å². The molecular formula is C14H18O2. The molecule has 0 aliphatic heterocycles. The minimum Gasteiger partial charge on any atom is -0.299 e. The summed E-state index contributed by atoms with van der Waals surface area (Å²) in [7, 11) is 0. The molecule has 1 atom stereocenters. The van der Waals surface area contributed by atoms with Gasteiger partial charge in [0, 0.05) is 0 Å². The first kappa shape index (κ1) is 12.6. The molecule has 2 nitrogen and oxygen atoms in total. The van der Waals surface area contributed by atoms with Crippen LogP contribution in [-0.4, -0.2) is 11.6 Å². The van der Waals surface area contributed by atoms with Gasteiger partial charge in [-0.1, -0.05) is 36.8 Å². The van der Waals surface area contributed by atoms with E-state index < -0.39 is 5.92 Å². The molecule has 0 aliphatic carbocycles. The van der Waals surface area contributed by atoms with Gasteiger partial charge in [-0.2, -0.15) is 0 Å². The maximum atomic E-state index is 11.5. The fraction of sp³-hybridized carbons (Fsp3) is 0.429. The number of ketones is 2. The van der Waals surface area contributed by atoms with Gasteiger partial charge < -0.3 is 0 Å². The highest BCUT2D eigenvalue weighted by Crippen LogP contribution is 2.26. The molecule has 0 bridgehead atoms. The van der Waals surface area contributed by atoms with Crippen molar-refractivity contribution in [2.75, 3.05) is 0 Å². The van der Waals surface area contributed by atoms with E-state index in [0.29, 0.717) is 0 Å². The highest BCUT2D eigenvalue weighted by molar-refractivity contribution is 6.01. The SMILES string of the molecule is CC(=O)C(C(C)=O)C(C)c1cccc(C)c1. The molecule has 0 radical (unpaired) electrons. The Morgan fingerprint density at radius 1 is 1.12 bits per heavy atom. The van der Waals surface area contributed by atoms with E-state index in [-0.39, 0.29) is 17.5 Å². The van der Waals surface area contributed by atoms with Gasteiger partial charge in [-0.25, -0.2) is 0 Å². The van der Waals surface area contributed by atoms with E-state index in [9.17, 15) is 9.59 Å². The zero-order valence-electron chi connectivity index (χ0n) is 10.3. The van der Waals surface area contributed by atoms with Crippen LogP contribution in [0.5, 0.6) is 0 Å². The van der Waals surface area contributed by atoms with Crippen molar-refractivity contribution >= 4 is 11.6 Å². The average molecular weight is 218 g/mol. The number of carbonyl (C=O) groups excluding carboxylic acids is 2. The largest absolute Gasteiger partial charge is 0.299 e. The van der Waals surface area contributed by atoms with E-state index in [1.165, 1.54) is 13.8 Å². The number of rotatable bonds is 4. The molecule has 0 spiro atoms. The number of hydrogen-bond donors (Lipinski definition) is 0. The second-order valence-corrected chi connectivity index (χ2v) is 4.40. The average Bonchev–Trinajstić information content (AvgIpc) is 2.16. The molecule has 0 N–H and O–H groups in total. The lowest BCUT2D eigenvalue weighted by Gasteiger charge is -2.19. The van der Waals surface area contributed by atoms with Gasteiger partial charge >= 0.3 is 0 Å². The summed E-state index contributed by atoms with van der Waals surface area (Å²) in [6.07, 6.45) is 0. The molecule has 0 fully saturated rings. The van der Waals surface area contributed by atoms with Crippen LogP contribution in [0.25, 0.3) is 0 Å². The van der Waals surface area contributed by atoms with Crippen molar-refractivity contribution in [1.29, 1.82) is 0 Å². The van der Waals surface area contributed by atoms with Gasteiger partial charge in [-0.15, -0.1) is 0 Å². The molecule has 0 aliphatic rings. The Morgan fingerprint density at radius 3 is 2.12 bits per heavy atom. The fourth-order valence-electron chi connectivity index (χ4n) is 2.14. The standard InChI is InChI=1S/C14H18O2/c1-9-6-5-7-13(8-9)10(2)14(11(3)15)12(4)16/h5-8,10,14H,1-4H3. The van der Waals surface area contributed by atoms with E-state index >= 15 is 0 Å². The summed E-state index contributed by atoms with van der Waals surface area (Å²) in [5.41, 5.74) is 2.20. The maximum Gasteiger partial charge on any atom is 0.140 e. The van der Waals surface area contributed by atoms with E-state index in [4.69, 9.17) is 0 Å². The van der Waals surface area contributed by atoms with Crippen molar-refractivity contribution < 1.29 is 9.59 Å².